The lowest BCUT2D eigenvalue weighted by Gasteiger charge is -2.17. The molecule has 0 radical (unpaired) electrons. The van der Waals surface area contributed by atoms with E-state index in [0.717, 1.165) is 18.8 Å². The van der Waals surface area contributed by atoms with Gasteiger partial charge in [0, 0.05) is 12.1 Å². The smallest absolute Gasteiger partial charge is 0.119 e. The molecule has 0 aliphatic carbocycles. The molecule has 3 heteroatoms. The van der Waals surface area contributed by atoms with Crippen LogP contribution in [0.25, 0.3) is 0 Å². The lowest BCUT2D eigenvalue weighted by atomic mass is 9.92. The maximum Gasteiger partial charge on any atom is 0.119 e. The van der Waals surface area contributed by atoms with Gasteiger partial charge in [-0.2, -0.15) is 0 Å². The van der Waals surface area contributed by atoms with Gasteiger partial charge in [-0.3, -0.25) is 10.9 Å². The van der Waals surface area contributed by atoms with Crippen LogP contribution in [0.5, 0.6) is 5.75 Å². The molecule has 20 heavy (non-hydrogen) atoms. The highest BCUT2D eigenvalue weighted by atomic mass is 16.5. The Hall–Kier alpha value is -1.06. The first-order chi connectivity index (χ1) is 9.58. The van der Waals surface area contributed by atoms with Gasteiger partial charge in [-0.1, -0.05) is 26.0 Å². The van der Waals surface area contributed by atoms with Crippen LogP contribution < -0.4 is 15.6 Å². The lowest BCUT2D eigenvalue weighted by Crippen LogP contribution is -2.30. The van der Waals surface area contributed by atoms with Crippen molar-refractivity contribution in [2.24, 2.45) is 5.92 Å². The zero-order valence-corrected chi connectivity index (χ0v) is 13.1. The van der Waals surface area contributed by atoms with Crippen LogP contribution in [-0.2, 0) is 0 Å². The summed E-state index contributed by atoms with van der Waals surface area (Å²) in [5.74, 6) is 2.25. The predicted octanol–water partition coefficient (Wildman–Crippen LogP) is 3.47. The van der Waals surface area contributed by atoms with E-state index in [0.29, 0.717) is 23.9 Å². The first-order valence-electron chi connectivity index (χ1n) is 7.81. The van der Waals surface area contributed by atoms with E-state index in [4.69, 9.17) is 4.74 Å². The van der Waals surface area contributed by atoms with Crippen molar-refractivity contribution < 1.29 is 4.74 Å². The Morgan fingerprint density at radius 2 is 1.85 bits per heavy atom. The van der Waals surface area contributed by atoms with Gasteiger partial charge in [0.15, 0.2) is 0 Å². The van der Waals surface area contributed by atoms with Crippen LogP contribution in [0.2, 0.25) is 0 Å². The fraction of sp³-hybridized carbons (Fsp3) is 0.647. The van der Waals surface area contributed by atoms with Gasteiger partial charge in [-0.25, -0.2) is 0 Å². The number of ether oxygens (including phenoxy) is 1. The molecular formula is C17H28N2O. The van der Waals surface area contributed by atoms with Crippen molar-refractivity contribution in [2.45, 2.75) is 58.5 Å². The molecular weight excluding hydrogens is 248 g/mol. The third kappa shape index (κ3) is 3.97. The molecule has 0 spiro atoms. The first-order valence-corrected chi connectivity index (χ1v) is 7.81. The van der Waals surface area contributed by atoms with Gasteiger partial charge in [-0.15, -0.1) is 0 Å². The lowest BCUT2D eigenvalue weighted by molar-refractivity contribution is 0.283. The molecule has 0 amide bonds. The molecule has 0 aromatic heterocycles. The summed E-state index contributed by atoms with van der Waals surface area (Å²) in [6.07, 6.45) is 2.31. The Morgan fingerprint density at radius 1 is 1.15 bits per heavy atom. The van der Waals surface area contributed by atoms with Crippen molar-refractivity contribution in [1.29, 1.82) is 0 Å². The molecule has 2 atom stereocenters. The first kappa shape index (κ1) is 15.3. The van der Waals surface area contributed by atoms with Gasteiger partial charge < -0.3 is 4.74 Å². The predicted molar refractivity (Wildman–Crippen MR) is 83.9 cm³/mol. The molecule has 1 aromatic carbocycles. The third-order valence-electron chi connectivity index (χ3n) is 4.30. The summed E-state index contributed by atoms with van der Waals surface area (Å²) in [7, 11) is 0. The van der Waals surface area contributed by atoms with E-state index in [1.165, 1.54) is 12.0 Å². The second-order valence-corrected chi connectivity index (χ2v) is 6.25. The van der Waals surface area contributed by atoms with Crippen LogP contribution in [0.1, 0.15) is 52.0 Å². The minimum atomic E-state index is 0.550. The average molecular weight is 276 g/mol. The topological polar surface area (TPSA) is 33.3 Å². The number of benzene rings is 1. The van der Waals surface area contributed by atoms with Crippen molar-refractivity contribution in [2.75, 3.05) is 6.61 Å². The highest BCUT2D eigenvalue weighted by Gasteiger charge is 2.28. The van der Waals surface area contributed by atoms with E-state index in [1.807, 2.05) is 0 Å². The maximum absolute atomic E-state index is 5.89. The highest BCUT2D eigenvalue weighted by molar-refractivity contribution is 5.30. The van der Waals surface area contributed by atoms with Crippen LogP contribution in [0.3, 0.4) is 0 Å². The zero-order valence-electron chi connectivity index (χ0n) is 13.1. The van der Waals surface area contributed by atoms with Crippen LogP contribution in [0.15, 0.2) is 24.3 Å². The van der Waals surface area contributed by atoms with Crippen LogP contribution in [0, 0.1) is 5.92 Å². The molecule has 1 aliphatic heterocycles. The monoisotopic (exact) mass is 276 g/mol. The number of hydrazine groups is 1. The van der Waals surface area contributed by atoms with E-state index >= 15 is 0 Å². The number of nitrogens with one attached hydrogen (secondary N) is 2. The van der Waals surface area contributed by atoms with Crippen LogP contribution >= 0.6 is 0 Å². The van der Waals surface area contributed by atoms with E-state index in [2.05, 4.69) is 62.8 Å². The highest BCUT2D eigenvalue weighted by Crippen LogP contribution is 2.22. The molecule has 1 fully saturated rings. The average Bonchev–Trinajstić information content (AvgIpc) is 2.75. The normalized spacial score (nSPS) is 26.1. The summed E-state index contributed by atoms with van der Waals surface area (Å²) < 4.78 is 5.89. The molecule has 2 unspecified atom stereocenters. The van der Waals surface area contributed by atoms with Crippen molar-refractivity contribution in [3.63, 3.8) is 0 Å². The van der Waals surface area contributed by atoms with E-state index < -0.39 is 0 Å². The van der Waals surface area contributed by atoms with E-state index in [-0.39, 0.29) is 0 Å². The third-order valence-corrected chi connectivity index (χ3v) is 4.30. The van der Waals surface area contributed by atoms with Crippen molar-refractivity contribution in [3.05, 3.63) is 29.8 Å². The minimum absolute atomic E-state index is 0.550. The molecule has 112 valence electrons. The second-order valence-electron chi connectivity index (χ2n) is 6.25. The largest absolute Gasteiger partial charge is 0.494 e. The summed E-state index contributed by atoms with van der Waals surface area (Å²) in [5, 5.41) is 0. The molecule has 2 rings (SSSR count). The molecule has 0 saturated carbocycles. The molecule has 1 aliphatic rings. The quantitative estimate of drug-likeness (QED) is 0.781. The molecule has 3 nitrogen and oxygen atoms in total. The summed E-state index contributed by atoms with van der Waals surface area (Å²) >= 11 is 0. The molecule has 1 heterocycles. The fourth-order valence-corrected chi connectivity index (χ4v) is 2.88. The molecule has 0 bridgehead atoms. The fourth-order valence-electron chi connectivity index (χ4n) is 2.88. The Balaban J connectivity index is 1.74. The van der Waals surface area contributed by atoms with Crippen molar-refractivity contribution in [3.8, 4) is 5.75 Å². The van der Waals surface area contributed by atoms with Gasteiger partial charge in [0.05, 0.1) is 6.61 Å². The zero-order chi connectivity index (χ0) is 14.5. The Kier molecular flexibility index (Phi) is 5.44. The maximum atomic E-state index is 5.89. The Labute approximate surface area is 123 Å². The van der Waals surface area contributed by atoms with Crippen molar-refractivity contribution >= 4 is 0 Å². The van der Waals surface area contributed by atoms with Crippen LogP contribution in [-0.4, -0.2) is 18.7 Å². The number of hydrogen-bond donors (Lipinski definition) is 2. The minimum Gasteiger partial charge on any atom is -0.494 e. The summed E-state index contributed by atoms with van der Waals surface area (Å²) in [6, 6.07) is 9.56. The van der Waals surface area contributed by atoms with E-state index in [9.17, 15) is 0 Å². The second kappa shape index (κ2) is 7.09. The van der Waals surface area contributed by atoms with Gasteiger partial charge in [-0.05, 0) is 56.2 Å². The summed E-state index contributed by atoms with van der Waals surface area (Å²) in [5.41, 5.74) is 7.96. The van der Waals surface area contributed by atoms with Gasteiger partial charge in [0.25, 0.3) is 0 Å². The number of rotatable bonds is 6. The molecule has 1 saturated heterocycles. The summed E-state index contributed by atoms with van der Waals surface area (Å²) in [6.45, 7) is 9.71. The van der Waals surface area contributed by atoms with E-state index in [1.54, 1.807) is 0 Å². The van der Waals surface area contributed by atoms with Gasteiger partial charge >= 0.3 is 0 Å². The summed E-state index contributed by atoms with van der Waals surface area (Å²) in [4.78, 5) is 0. The van der Waals surface area contributed by atoms with Crippen LogP contribution in [0.4, 0.5) is 0 Å². The standard InChI is InChI=1S/C17H28N2O/c1-12(2)15-7-5-8-16(11-15)20-10-6-9-17-13(3)18-19-14(17)4/h5,7-8,11-14,17-19H,6,9-10H2,1-4H3. The Bertz CT molecular complexity index is 409. The van der Waals surface area contributed by atoms with Crippen molar-refractivity contribution in [1.82, 2.24) is 10.9 Å². The number of hydrogen-bond acceptors (Lipinski definition) is 3. The SMILES string of the molecule is CC(C)c1cccc(OCCCC2C(C)NNC2C)c1. The van der Waals surface area contributed by atoms with Gasteiger partial charge in [0.2, 0.25) is 0 Å². The Morgan fingerprint density at radius 3 is 2.50 bits per heavy atom. The van der Waals surface area contributed by atoms with Gasteiger partial charge in [0.1, 0.15) is 5.75 Å². The molecule has 2 N–H and O–H groups in total. The molecule has 1 aromatic rings.